The number of carbonyl (C=O) groups is 1. The fourth-order valence-electron chi connectivity index (χ4n) is 2.15. The minimum atomic E-state index is -0.0526. The Morgan fingerprint density at radius 1 is 1.05 bits per heavy atom. The maximum absolute atomic E-state index is 11.2. The molecule has 0 bridgehead atoms. The third-order valence-electron chi connectivity index (χ3n) is 3.27. The van der Waals surface area contributed by atoms with Gasteiger partial charge in [-0.05, 0) is 36.1 Å². The molecular formula is C18H19ClO2. The molecule has 0 unspecified atom stereocenters. The summed E-state index contributed by atoms with van der Waals surface area (Å²) in [5.74, 6) is 1.24. The number of benzene rings is 2. The molecule has 0 spiro atoms. The van der Waals surface area contributed by atoms with E-state index in [9.17, 15) is 4.79 Å². The Morgan fingerprint density at radius 3 is 2.38 bits per heavy atom. The number of hydrogen-bond donors (Lipinski definition) is 0. The highest BCUT2D eigenvalue weighted by Crippen LogP contribution is 2.36. The second-order valence-electron chi connectivity index (χ2n) is 6.15. The van der Waals surface area contributed by atoms with Gasteiger partial charge < -0.3 is 4.74 Å². The largest absolute Gasteiger partial charge is 0.456 e. The average molecular weight is 303 g/mol. The van der Waals surface area contributed by atoms with Crippen molar-refractivity contribution in [2.24, 2.45) is 0 Å². The van der Waals surface area contributed by atoms with Crippen LogP contribution >= 0.6 is 11.6 Å². The van der Waals surface area contributed by atoms with E-state index >= 15 is 0 Å². The molecule has 0 aliphatic rings. The van der Waals surface area contributed by atoms with E-state index in [1.165, 1.54) is 0 Å². The lowest BCUT2D eigenvalue weighted by molar-refractivity contribution is 0.112. The first-order valence-corrected chi connectivity index (χ1v) is 7.23. The highest BCUT2D eigenvalue weighted by Gasteiger charge is 2.20. The van der Waals surface area contributed by atoms with E-state index in [0.29, 0.717) is 16.3 Å². The van der Waals surface area contributed by atoms with Crippen molar-refractivity contribution in [1.82, 2.24) is 0 Å². The van der Waals surface area contributed by atoms with Gasteiger partial charge >= 0.3 is 0 Å². The highest BCUT2D eigenvalue weighted by molar-refractivity contribution is 6.30. The monoisotopic (exact) mass is 302 g/mol. The lowest BCUT2D eigenvalue weighted by atomic mass is 9.86. The molecule has 0 saturated carbocycles. The molecule has 0 amide bonds. The van der Waals surface area contributed by atoms with Crippen LogP contribution in [0.15, 0.2) is 36.4 Å². The SMILES string of the molecule is Cc1ccc(C(C)(C)C)c(Oc2cc(Cl)ccc2C=O)c1. The number of rotatable bonds is 3. The lowest BCUT2D eigenvalue weighted by Crippen LogP contribution is -2.12. The van der Waals surface area contributed by atoms with E-state index in [1.54, 1.807) is 18.2 Å². The molecule has 0 aliphatic carbocycles. The summed E-state index contributed by atoms with van der Waals surface area (Å²) in [5, 5.41) is 0.542. The van der Waals surface area contributed by atoms with Gasteiger partial charge in [0.2, 0.25) is 0 Å². The van der Waals surface area contributed by atoms with Crippen LogP contribution in [-0.2, 0) is 5.41 Å². The molecule has 2 nitrogen and oxygen atoms in total. The van der Waals surface area contributed by atoms with Crippen LogP contribution in [0.2, 0.25) is 5.02 Å². The summed E-state index contributed by atoms with van der Waals surface area (Å²) in [6, 6.07) is 11.1. The van der Waals surface area contributed by atoms with Crippen molar-refractivity contribution in [3.05, 3.63) is 58.1 Å². The topological polar surface area (TPSA) is 26.3 Å². The molecule has 21 heavy (non-hydrogen) atoms. The van der Waals surface area contributed by atoms with Crippen molar-refractivity contribution >= 4 is 17.9 Å². The van der Waals surface area contributed by atoms with Gasteiger partial charge in [-0.25, -0.2) is 0 Å². The maximum atomic E-state index is 11.2. The molecule has 110 valence electrons. The molecule has 0 heterocycles. The first-order chi connectivity index (χ1) is 9.81. The summed E-state index contributed by atoms with van der Waals surface area (Å²) >= 11 is 6.01. The van der Waals surface area contributed by atoms with Crippen molar-refractivity contribution in [2.45, 2.75) is 33.1 Å². The summed E-state index contributed by atoms with van der Waals surface area (Å²) < 4.78 is 6.00. The third kappa shape index (κ3) is 3.64. The van der Waals surface area contributed by atoms with Gasteiger partial charge in [-0.1, -0.05) is 44.5 Å². The number of aldehydes is 1. The van der Waals surface area contributed by atoms with Crippen molar-refractivity contribution in [2.75, 3.05) is 0 Å². The first kappa shape index (κ1) is 15.6. The lowest BCUT2D eigenvalue weighted by Gasteiger charge is -2.23. The molecule has 0 saturated heterocycles. The van der Waals surface area contributed by atoms with Gasteiger partial charge in [-0.2, -0.15) is 0 Å². The normalized spacial score (nSPS) is 11.3. The van der Waals surface area contributed by atoms with Gasteiger partial charge in [-0.3, -0.25) is 4.79 Å². The second kappa shape index (κ2) is 5.90. The highest BCUT2D eigenvalue weighted by atomic mass is 35.5. The first-order valence-electron chi connectivity index (χ1n) is 6.85. The van der Waals surface area contributed by atoms with Gasteiger partial charge in [-0.15, -0.1) is 0 Å². The molecule has 2 aromatic carbocycles. The number of hydrogen-bond acceptors (Lipinski definition) is 2. The van der Waals surface area contributed by atoms with E-state index in [-0.39, 0.29) is 5.41 Å². The summed E-state index contributed by atoms with van der Waals surface area (Å²) in [6.45, 7) is 8.40. The third-order valence-corrected chi connectivity index (χ3v) is 3.50. The van der Waals surface area contributed by atoms with E-state index in [0.717, 1.165) is 23.2 Å². The Bertz CT molecular complexity index is 669. The zero-order valence-corrected chi connectivity index (χ0v) is 13.5. The Hall–Kier alpha value is -1.80. The van der Waals surface area contributed by atoms with Crippen LogP contribution in [0, 0.1) is 6.92 Å². The number of halogens is 1. The predicted molar refractivity (Wildman–Crippen MR) is 86.8 cm³/mol. The van der Waals surface area contributed by atoms with Crippen LogP contribution in [0.25, 0.3) is 0 Å². The molecular weight excluding hydrogens is 284 g/mol. The van der Waals surface area contributed by atoms with Gasteiger partial charge in [0.05, 0.1) is 5.56 Å². The predicted octanol–water partition coefficient (Wildman–Crippen LogP) is 5.55. The number of carbonyl (C=O) groups excluding carboxylic acids is 1. The molecule has 0 fully saturated rings. The van der Waals surface area contributed by atoms with Crippen molar-refractivity contribution < 1.29 is 9.53 Å². The van der Waals surface area contributed by atoms with E-state index in [2.05, 4.69) is 32.9 Å². The molecule has 0 atom stereocenters. The number of ether oxygens (including phenoxy) is 1. The molecule has 0 radical (unpaired) electrons. The fraction of sp³-hybridized carbons (Fsp3) is 0.278. The van der Waals surface area contributed by atoms with Crippen LogP contribution in [0.5, 0.6) is 11.5 Å². The molecule has 3 heteroatoms. The Balaban J connectivity index is 2.51. The smallest absolute Gasteiger partial charge is 0.153 e. The summed E-state index contributed by atoms with van der Waals surface area (Å²) in [5.41, 5.74) is 2.63. The van der Waals surface area contributed by atoms with E-state index < -0.39 is 0 Å². The van der Waals surface area contributed by atoms with Crippen LogP contribution in [0.4, 0.5) is 0 Å². The summed E-state index contributed by atoms with van der Waals surface area (Å²) in [4.78, 5) is 11.2. The van der Waals surface area contributed by atoms with Crippen LogP contribution < -0.4 is 4.74 Å². The van der Waals surface area contributed by atoms with Crippen LogP contribution in [-0.4, -0.2) is 6.29 Å². The van der Waals surface area contributed by atoms with Gasteiger partial charge in [0.1, 0.15) is 11.5 Å². The van der Waals surface area contributed by atoms with Crippen molar-refractivity contribution in [1.29, 1.82) is 0 Å². The average Bonchev–Trinajstić information content (AvgIpc) is 2.37. The van der Waals surface area contributed by atoms with Crippen LogP contribution in [0.3, 0.4) is 0 Å². The van der Waals surface area contributed by atoms with E-state index in [1.807, 2.05) is 13.0 Å². The summed E-state index contributed by atoms with van der Waals surface area (Å²) in [6.07, 6.45) is 0.776. The Morgan fingerprint density at radius 2 is 1.76 bits per heavy atom. The minimum Gasteiger partial charge on any atom is -0.456 e. The maximum Gasteiger partial charge on any atom is 0.153 e. The Labute approximate surface area is 130 Å². The van der Waals surface area contributed by atoms with Gasteiger partial charge in [0, 0.05) is 16.7 Å². The minimum absolute atomic E-state index is 0.0526. The molecule has 0 aromatic heterocycles. The fourth-order valence-corrected chi connectivity index (χ4v) is 2.31. The molecule has 2 aromatic rings. The second-order valence-corrected chi connectivity index (χ2v) is 6.59. The van der Waals surface area contributed by atoms with Gasteiger partial charge in [0.15, 0.2) is 6.29 Å². The molecule has 0 N–H and O–H groups in total. The van der Waals surface area contributed by atoms with Crippen LogP contribution in [0.1, 0.15) is 42.3 Å². The van der Waals surface area contributed by atoms with Crippen molar-refractivity contribution in [3.8, 4) is 11.5 Å². The van der Waals surface area contributed by atoms with Gasteiger partial charge in [0.25, 0.3) is 0 Å². The van der Waals surface area contributed by atoms with E-state index in [4.69, 9.17) is 16.3 Å². The quantitative estimate of drug-likeness (QED) is 0.695. The Kier molecular flexibility index (Phi) is 4.38. The summed E-state index contributed by atoms with van der Waals surface area (Å²) in [7, 11) is 0. The standard InChI is InChI=1S/C18H19ClO2/c1-12-5-8-15(18(2,3)4)17(9-12)21-16-10-14(19)7-6-13(16)11-20/h5-11H,1-4H3. The zero-order valence-electron chi connectivity index (χ0n) is 12.7. The molecule has 2 rings (SSSR count). The zero-order chi connectivity index (χ0) is 15.6. The number of aryl methyl sites for hydroxylation is 1. The molecule has 0 aliphatic heterocycles. The van der Waals surface area contributed by atoms with Crippen molar-refractivity contribution in [3.63, 3.8) is 0 Å².